The zero-order valence-corrected chi connectivity index (χ0v) is 20.7. The van der Waals surface area contributed by atoms with E-state index in [2.05, 4.69) is 15.5 Å². The molecule has 0 saturated heterocycles. The number of thioether (sulfide) groups is 1. The Morgan fingerprint density at radius 3 is 2.46 bits per heavy atom. The Bertz CT molecular complexity index is 1480. The van der Waals surface area contributed by atoms with Crippen LogP contribution < -0.4 is 10.1 Å². The molecule has 2 aromatic heterocycles. The summed E-state index contributed by atoms with van der Waals surface area (Å²) >= 11 is 1.52. The molecule has 0 radical (unpaired) electrons. The maximum Gasteiger partial charge on any atom is 0.251 e. The van der Waals surface area contributed by atoms with Gasteiger partial charge in [0.1, 0.15) is 11.6 Å². The smallest absolute Gasteiger partial charge is 0.251 e. The second kappa shape index (κ2) is 11.1. The SMILES string of the molecule is COc1ccccc1-n1c(SCc2ccc(C(=O)NCc3ccc(F)cc3)cc2)nnc1-c1ccco1. The number of hydrogen-bond acceptors (Lipinski definition) is 6. The number of rotatable bonds is 9. The van der Waals surface area contributed by atoms with Gasteiger partial charge in [0.15, 0.2) is 10.9 Å². The molecule has 5 rings (SSSR count). The fourth-order valence-corrected chi connectivity index (χ4v) is 4.65. The Labute approximate surface area is 217 Å². The van der Waals surface area contributed by atoms with Crippen molar-refractivity contribution in [3.63, 3.8) is 0 Å². The number of nitrogens with one attached hydrogen (secondary N) is 1. The second-order valence-electron chi connectivity index (χ2n) is 8.09. The van der Waals surface area contributed by atoms with Crippen molar-refractivity contribution in [3.05, 3.63) is 114 Å². The highest BCUT2D eigenvalue weighted by atomic mass is 32.2. The molecule has 0 fully saturated rings. The highest BCUT2D eigenvalue weighted by Crippen LogP contribution is 2.33. The Morgan fingerprint density at radius 2 is 1.73 bits per heavy atom. The summed E-state index contributed by atoms with van der Waals surface area (Å²) in [5.41, 5.74) is 3.20. The predicted molar refractivity (Wildman–Crippen MR) is 139 cm³/mol. The summed E-state index contributed by atoms with van der Waals surface area (Å²) < 4.78 is 26.1. The fraction of sp³-hybridized carbons (Fsp3) is 0.107. The van der Waals surface area contributed by atoms with E-state index in [1.165, 1.54) is 23.9 Å². The third-order valence-corrected chi connectivity index (χ3v) is 6.65. The van der Waals surface area contributed by atoms with Gasteiger partial charge in [-0.3, -0.25) is 9.36 Å². The number of nitrogens with zero attached hydrogens (tertiary/aromatic N) is 3. The maximum absolute atomic E-state index is 13.1. The van der Waals surface area contributed by atoms with Crippen molar-refractivity contribution in [2.45, 2.75) is 17.5 Å². The van der Waals surface area contributed by atoms with Crippen molar-refractivity contribution < 1.29 is 18.3 Å². The molecule has 37 heavy (non-hydrogen) atoms. The third kappa shape index (κ3) is 5.57. The lowest BCUT2D eigenvalue weighted by Crippen LogP contribution is -2.22. The van der Waals surface area contributed by atoms with Gasteiger partial charge in [0.05, 0.1) is 19.1 Å². The summed E-state index contributed by atoms with van der Waals surface area (Å²) in [7, 11) is 1.62. The van der Waals surface area contributed by atoms with E-state index in [4.69, 9.17) is 9.15 Å². The molecule has 0 aliphatic rings. The number of carbonyl (C=O) groups is 1. The molecule has 186 valence electrons. The highest BCUT2D eigenvalue weighted by molar-refractivity contribution is 7.98. The molecule has 5 aromatic rings. The molecule has 0 atom stereocenters. The standard InChI is InChI=1S/C28H23FN4O3S/c1-35-24-6-3-2-5-23(24)33-26(25-7-4-16-36-25)31-32-28(33)37-18-20-8-12-21(13-9-20)27(34)30-17-19-10-14-22(29)15-11-19/h2-16H,17-18H2,1H3,(H,30,34). The molecule has 3 aromatic carbocycles. The second-order valence-corrected chi connectivity index (χ2v) is 9.03. The average Bonchev–Trinajstić information content (AvgIpc) is 3.62. The minimum absolute atomic E-state index is 0.192. The van der Waals surface area contributed by atoms with E-state index < -0.39 is 0 Å². The summed E-state index contributed by atoms with van der Waals surface area (Å²) in [5.74, 6) is 1.98. The molecule has 0 aliphatic heterocycles. The van der Waals surface area contributed by atoms with Crippen LogP contribution in [0.4, 0.5) is 4.39 Å². The van der Waals surface area contributed by atoms with Gasteiger partial charge in [-0.25, -0.2) is 4.39 Å². The number of para-hydroxylation sites is 2. The van der Waals surface area contributed by atoms with Crippen LogP contribution >= 0.6 is 11.8 Å². The summed E-state index contributed by atoms with van der Waals surface area (Å²) in [6.45, 7) is 0.327. The van der Waals surface area contributed by atoms with E-state index >= 15 is 0 Å². The molecule has 7 nitrogen and oxygen atoms in total. The van der Waals surface area contributed by atoms with Crippen LogP contribution in [0.25, 0.3) is 17.3 Å². The van der Waals surface area contributed by atoms with Gasteiger partial charge in [-0.1, -0.05) is 48.2 Å². The monoisotopic (exact) mass is 514 g/mol. The van der Waals surface area contributed by atoms with Crippen molar-refractivity contribution in [1.82, 2.24) is 20.1 Å². The highest BCUT2D eigenvalue weighted by Gasteiger charge is 2.20. The largest absolute Gasteiger partial charge is 0.495 e. The zero-order chi connectivity index (χ0) is 25.6. The van der Waals surface area contributed by atoms with Crippen molar-refractivity contribution in [1.29, 1.82) is 0 Å². The Balaban J connectivity index is 1.30. The third-order valence-electron chi connectivity index (χ3n) is 5.65. The molecule has 9 heteroatoms. The van der Waals surface area contributed by atoms with Crippen LogP contribution in [0.1, 0.15) is 21.5 Å². The van der Waals surface area contributed by atoms with E-state index in [-0.39, 0.29) is 11.7 Å². The van der Waals surface area contributed by atoms with Crippen LogP contribution in [0.15, 0.2) is 101 Å². The lowest BCUT2D eigenvalue weighted by Gasteiger charge is -2.13. The van der Waals surface area contributed by atoms with E-state index in [0.717, 1.165) is 16.8 Å². The van der Waals surface area contributed by atoms with Crippen LogP contribution in [0.5, 0.6) is 5.75 Å². The summed E-state index contributed by atoms with van der Waals surface area (Å²) in [6.07, 6.45) is 1.60. The van der Waals surface area contributed by atoms with Crippen LogP contribution in [-0.2, 0) is 12.3 Å². The molecule has 0 spiro atoms. The van der Waals surface area contributed by atoms with Gasteiger partial charge < -0.3 is 14.5 Å². The quantitative estimate of drug-likeness (QED) is 0.247. The van der Waals surface area contributed by atoms with Gasteiger partial charge >= 0.3 is 0 Å². The number of aromatic nitrogens is 3. The van der Waals surface area contributed by atoms with E-state index in [0.29, 0.717) is 40.4 Å². The van der Waals surface area contributed by atoms with Crippen molar-refractivity contribution >= 4 is 17.7 Å². The number of furan rings is 1. The number of carbonyl (C=O) groups excluding carboxylic acids is 1. The number of amides is 1. The van der Waals surface area contributed by atoms with E-state index in [9.17, 15) is 9.18 Å². The average molecular weight is 515 g/mol. The van der Waals surface area contributed by atoms with E-state index in [1.54, 1.807) is 43.7 Å². The number of halogens is 1. The van der Waals surface area contributed by atoms with Crippen molar-refractivity contribution in [3.8, 4) is 23.0 Å². The zero-order valence-electron chi connectivity index (χ0n) is 19.9. The minimum Gasteiger partial charge on any atom is -0.495 e. The Morgan fingerprint density at radius 1 is 0.973 bits per heavy atom. The minimum atomic E-state index is -0.304. The van der Waals surface area contributed by atoms with Crippen LogP contribution in [-0.4, -0.2) is 27.8 Å². The molecule has 2 heterocycles. The summed E-state index contributed by atoms with van der Waals surface area (Å²) in [5, 5.41) is 12.3. The van der Waals surface area contributed by atoms with Gasteiger partial charge in [-0.05, 0) is 59.7 Å². The van der Waals surface area contributed by atoms with Gasteiger partial charge in [0, 0.05) is 17.9 Å². The summed E-state index contributed by atoms with van der Waals surface area (Å²) in [4.78, 5) is 12.5. The first-order valence-corrected chi connectivity index (χ1v) is 12.5. The fourth-order valence-electron chi connectivity index (χ4n) is 3.75. The van der Waals surface area contributed by atoms with Gasteiger partial charge in [0.25, 0.3) is 5.91 Å². The van der Waals surface area contributed by atoms with Gasteiger partial charge in [0.2, 0.25) is 5.82 Å². The normalized spacial score (nSPS) is 10.9. The molecular formula is C28H23FN4O3S. The molecule has 0 unspecified atom stereocenters. The Hall–Kier alpha value is -4.37. The first-order chi connectivity index (χ1) is 18.1. The van der Waals surface area contributed by atoms with Crippen molar-refractivity contribution in [2.75, 3.05) is 7.11 Å². The number of benzene rings is 3. The van der Waals surface area contributed by atoms with Crippen LogP contribution in [0, 0.1) is 5.82 Å². The molecule has 1 amide bonds. The lowest BCUT2D eigenvalue weighted by molar-refractivity contribution is 0.0951. The van der Waals surface area contributed by atoms with Gasteiger partial charge in [-0.15, -0.1) is 10.2 Å². The summed E-state index contributed by atoms with van der Waals surface area (Å²) in [6, 6.07) is 24.8. The number of ether oxygens (including phenoxy) is 1. The predicted octanol–water partition coefficient (Wildman–Crippen LogP) is 5.90. The maximum atomic E-state index is 13.1. The molecule has 0 aliphatic carbocycles. The number of hydrogen-bond donors (Lipinski definition) is 1. The van der Waals surface area contributed by atoms with Gasteiger partial charge in [-0.2, -0.15) is 0 Å². The Kier molecular flexibility index (Phi) is 7.32. The van der Waals surface area contributed by atoms with Crippen molar-refractivity contribution in [2.24, 2.45) is 0 Å². The molecule has 1 N–H and O–H groups in total. The number of methoxy groups -OCH3 is 1. The molecule has 0 bridgehead atoms. The molecular weight excluding hydrogens is 491 g/mol. The van der Waals surface area contributed by atoms with Crippen LogP contribution in [0.3, 0.4) is 0 Å². The van der Waals surface area contributed by atoms with Crippen LogP contribution in [0.2, 0.25) is 0 Å². The topological polar surface area (TPSA) is 82.2 Å². The lowest BCUT2D eigenvalue weighted by atomic mass is 10.1. The molecule has 0 saturated carbocycles. The first kappa shape index (κ1) is 24.3. The van der Waals surface area contributed by atoms with E-state index in [1.807, 2.05) is 47.0 Å². The first-order valence-electron chi connectivity index (χ1n) is 11.5.